The largest absolute Gasteiger partial charge is 0.341 e. The zero-order valence-corrected chi connectivity index (χ0v) is 15.0. The molecule has 1 heterocycles. The van der Waals surface area contributed by atoms with E-state index >= 15 is 0 Å². The van der Waals surface area contributed by atoms with Crippen LogP contribution in [-0.4, -0.2) is 53.8 Å². The molecule has 1 saturated carbocycles. The molecule has 2 aliphatic rings. The van der Waals surface area contributed by atoms with E-state index in [1.54, 1.807) is 0 Å². The van der Waals surface area contributed by atoms with Gasteiger partial charge in [-0.3, -0.25) is 9.59 Å². The summed E-state index contributed by atoms with van der Waals surface area (Å²) >= 11 is 0. The van der Waals surface area contributed by atoms with E-state index in [0.29, 0.717) is 32.0 Å². The van der Waals surface area contributed by atoms with Crippen molar-refractivity contribution in [1.29, 1.82) is 0 Å². The van der Waals surface area contributed by atoms with Gasteiger partial charge >= 0.3 is 0 Å². The monoisotopic (exact) mass is 323 g/mol. The zero-order valence-electron chi connectivity index (χ0n) is 15.0. The van der Waals surface area contributed by atoms with Gasteiger partial charge in [0.15, 0.2) is 0 Å². The van der Waals surface area contributed by atoms with Crippen LogP contribution >= 0.6 is 0 Å². The van der Waals surface area contributed by atoms with E-state index < -0.39 is 6.04 Å². The molecule has 0 radical (unpaired) electrons. The molecule has 0 unspecified atom stereocenters. The summed E-state index contributed by atoms with van der Waals surface area (Å²) in [6.45, 7) is 8.70. The highest BCUT2D eigenvalue weighted by Crippen LogP contribution is 2.28. The van der Waals surface area contributed by atoms with Crippen molar-refractivity contribution in [2.45, 2.75) is 65.3 Å². The molecule has 5 heteroatoms. The second-order valence-corrected chi connectivity index (χ2v) is 8.26. The Morgan fingerprint density at radius 2 is 1.57 bits per heavy atom. The summed E-state index contributed by atoms with van der Waals surface area (Å²) in [7, 11) is 0. The maximum atomic E-state index is 12.6. The molecule has 0 aromatic rings. The molecule has 1 saturated heterocycles. The van der Waals surface area contributed by atoms with Gasteiger partial charge in [-0.1, -0.05) is 33.6 Å². The third-order valence-corrected chi connectivity index (χ3v) is 5.30. The third kappa shape index (κ3) is 4.93. The maximum Gasteiger partial charge on any atom is 0.240 e. The number of amides is 2. The SMILES string of the molecule is CC(C)(C)[C@H](N)C(=O)N1CCCN(C(=O)CC2CCCC2)CC1. The Morgan fingerprint density at radius 3 is 2.17 bits per heavy atom. The van der Waals surface area contributed by atoms with Gasteiger partial charge in [0.2, 0.25) is 11.8 Å². The molecule has 2 fully saturated rings. The predicted molar refractivity (Wildman–Crippen MR) is 91.8 cm³/mol. The summed E-state index contributed by atoms with van der Waals surface area (Å²) in [4.78, 5) is 28.8. The maximum absolute atomic E-state index is 12.6. The normalized spacial score (nSPS) is 22.1. The molecule has 132 valence electrons. The van der Waals surface area contributed by atoms with Crippen LogP contribution in [0.2, 0.25) is 0 Å². The Hall–Kier alpha value is -1.10. The fourth-order valence-electron chi connectivity index (χ4n) is 3.54. The highest BCUT2D eigenvalue weighted by atomic mass is 16.2. The molecular weight excluding hydrogens is 290 g/mol. The Balaban J connectivity index is 1.86. The first-order chi connectivity index (χ1) is 10.8. The summed E-state index contributed by atoms with van der Waals surface area (Å²) in [6.07, 6.45) is 6.47. The van der Waals surface area contributed by atoms with E-state index in [-0.39, 0.29) is 17.2 Å². The summed E-state index contributed by atoms with van der Waals surface area (Å²) < 4.78 is 0. The number of rotatable bonds is 3. The van der Waals surface area contributed by atoms with Crippen LogP contribution in [-0.2, 0) is 9.59 Å². The third-order valence-electron chi connectivity index (χ3n) is 5.30. The molecule has 5 nitrogen and oxygen atoms in total. The number of hydrogen-bond donors (Lipinski definition) is 1. The van der Waals surface area contributed by atoms with Gasteiger partial charge in [-0.25, -0.2) is 0 Å². The topological polar surface area (TPSA) is 66.6 Å². The van der Waals surface area contributed by atoms with Crippen molar-refractivity contribution in [2.24, 2.45) is 17.1 Å². The lowest BCUT2D eigenvalue weighted by Gasteiger charge is -2.31. The van der Waals surface area contributed by atoms with Crippen molar-refractivity contribution in [1.82, 2.24) is 9.80 Å². The standard InChI is InChI=1S/C18H33N3O2/c1-18(2,3)16(19)17(23)21-10-6-9-20(11-12-21)15(22)13-14-7-4-5-8-14/h14,16H,4-13,19H2,1-3H3/t16-/m1/s1. The van der Waals surface area contributed by atoms with Crippen LogP contribution < -0.4 is 5.73 Å². The fraction of sp³-hybridized carbons (Fsp3) is 0.889. The summed E-state index contributed by atoms with van der Waals surface area (Å²) in [5.74, 6) is 0.867. The van der Waals surface area contributed by atoms with E-state index in [1.165, 1.54) is 25.7 Å². The molecule has 1 aliphatic heterocycles. The van der Waals surface area contributed by atoms with E-state index in [0.717, 1.165) is 13.0 Å². The van der Waals surface area contributed by atoms with Gasteiger partial charge in [0, 0.05) is 32.6 Å². The number of nitrogens with zero attached hydrogens (tertiary/aromatic N) is 2. The molecular formula is C18H33N3O2. The van der Waals surface area contributed by atoms with E-state index in [2.05, 4.69) is 0 Å². The fourth-order valence-corrected chi connectivity index (χ4v) is 3.54. The summed E-state index contributed by atoms with van der Waals surface area (Å²) in [5.41, 5.74) is 5.87. The Morgan fingerprint density at radius 1 is 1.00 bits per heavy atom. The van der Waals surface area contributed by atoms with Crippen molar-refractivity contribution < 1.29 is 9.59 Å². The molecule has 2 rings (SSSR count). The summed E-state index contributed by atoms with van der Waals surface area (Å²) in [6, 6.07) is -0.483. The number of nitrogens with two attached hydrogens (primary N) is 1. The molecule has 1 atom stereocenters. The zero-order chi connectivity index (χ0) is 17.0. The van der Waals surface area contributed by atoms with Crippen LogP contribution in [0.1, 0.15) is 59.3 Å². The van der Waals surface area contributed by atoms with Crippen LogP contribution in [0.15, 0.2) is 0 Å². The first-order valence-corrected chi connectivity index (χ1v) is 9.11. The molecule has 2 N–H and O–H groups in total. The average Bonchev–Trinajstić information content (AvgIpc) is 2.86. The second kappa shape index (κ2) is 7.65. The van der Waals surface area contributed by atoms with Crippen molar-refractivity contribution in [2.75, 3.05) is 26.2 Å². The molecule has 0 aromatic heterocycles. The van der Waals surface area contributed by atoms with Gasteiger partial charge in [-0.15, -0.1) is 0 Å². The van der Waals surface area contributed by atoms with Crippen LogP contribution in [0, 0.1) is 11.3 Å². The number of carbonyl (C=O) groups excluding carboxylic acids is 2. The van der Waals surface area contributed by atoms with Crippen molar-refractivity contribution in [3.8, 4) is 0 Å². The lowest BCUT2D eigenvalue weighted by molar-refractivity contribution is -0.136. The van der Waals surface area contributed by atoms with Crippen LogP contribution in [0.25, 0.3) is 0 Å². The average molecular weight is 323 g/mol. The van der Waals surface area contributed by atoms with Gasteiger partial charge < -0.3 is 15.5 Å². The highest BCUT2D eigenvalue weighted by molar-refractivity contribution is 5.82. The van der Waals surface area contributed by atoms with Gasteiger partial charge in [0.1, 0.15) is 0 Å². The Kier molecular flexibility index (Phi) is 6.06. The molecule has 1 aliphatic carbocycles. The highest BCUT2D eigenvalue weighted by Gasteiger charge is 2.32. The van der Waals surface area contributed by atoms with E-state index in [1.807, 2.05) is 30.6 Å². The first-order valence-electron chi connectivity index (χ1n) is 9.11. The van der Waals surface area contributed by atoms with Gasteiger partial charge in [-0.05, 0) is 30.6 Å². The van der Waals surface area contributed by atoms with Crippen LogP contribution in [0.5, 0.6) is 0 Å². The van der Waals surface area contributed by atoms with Gasteiger partial charge in [0.05, 0.1) is 6.04 Å². The second-order valence-electron chi connectivity index (χ2n) is 8.26. The van der Waals surface area contributed by atoms with E-state index in [4.69, 9.17) is 5.73 Å². The molecule has 0 spiro atoms. The number of carbonyl (C=O) groups is 2. The number of hydrogen-bond acceptors (Lipinski definition) is 3. The van der Waals surface area contributed by atoms with Crippen molar-refractivity contribution in [3.05, 3.63) is 0 Å². The molecule has 0 aromatic carbocycles. The van der Waals surface area contributed by atoms with Gasteiger partial charge in [0.25, 0.3) is 0 Å². The molecule has 0 bridgehead atoms. The van der Waals surface area contributed by atoms with Crippen LogP contribution in [0.3, 0.4) is 0 Å². The molecule has 2 amide bonds. The Labute approximate surface area is 140 Å². The lowest BCUT2D eigenvalue weighted by atomic mass is 9.86. The minimum absolute atomic E-state index is 0.0163. The predicted octanol–water partition coefficient (Wildman–Crippen LogP) is 2.00. The Bertz CT molecular complexity index is 424. The quantitative estimate of drug-likeness (QED) is 0.864. The lowest BCUT2D eigenvalue weighted by Crippen LogP contribution is -2.51. The minimum atomic E-state index is -0.483. The minimum Gasteiger partial charge on any atom is -0.341 e. The van der Waals surface area contributed by atoms with Crippen molar-refractivity contribution in [3.63, 3.8) is 0 Å². The first kappa shape index (κ1) is 18.2. The summed E-state index contributed by atoms with van der Waals surface area (Å²) in [5, 5.41) is 0. The van der Waals surface area contributed by atoms with Crippen LogP contribution in [0.4, 0.5) is 0 Å². The van der Waals surface area contributed by atoms with Crippen molar-refractivity contribution >= 4 is 11.8 Å². The smallest absolute Gasteiger partial charge is 0.240 e. The van der Waals surface area contributed by atoms with Gasteiger partial charge in [-0.2, -0.15) is 0 Å². The molecule has 23 heavy (non-hydrogen) atoms. The van der Waals surface area contributed by atoms with E-state index in [9.17, 15) is 9.59 Å².